The van der Waals surface area contributed by atoms with Crippen LogP contribution in [0.3, 0.4) is 0 Å². The molecule has 24 heavy (non-hydrogen) atoms. The average molecular weight is 319 g/mol. The van der Waals surface area contributed by atoms with Crippen LogP contribution in [0.4, 0.5) is 0 Å². The van der Waals surface area contributed by atoms with Gasteiger partial charge in [0.05, 0.1) is 23.0 Å². The summed E-state index contributed by atoms with van der Waals surface area (Å²) in [7, 11) is 0. The van der Waals surface area contributed by atoms with Gasteiger partial charge in [-0.1, -0.05) is 30.3 Å². The van der Waals surface area contributed by atoms with Crippen molar-refractivity contribution in [3.05, 3.63) is 70.4 Å². The van der Waals surface area contributed by atoms with Gasteiger partial charge in [-0.15, -0.1) is 0 Å². The van der Waals surface area contributed by atoms with Crippen molar-refractivity contribution in [2.75, 3.05) is 0 Å². The molecule has 4 rings (SSSR count). The molecule has 7 heteroatoms. The van der Waals surface area contributed by atoms with E-state index in [-0.39, 0.29) is 23.7 Å². The Hall–Kier alpha value is -3.48. The van der Waals surface area contributed by atoms with Gasteiger partial charge in [-0.3, -0.25) is 9.59 Å². The minimum absolute atomic E-state index is 0.182. The molecule has 0 fully saturated rings. The van der Waals surface area contributed by atoms with Crippen molar-refractivity contribution in [3.8, 4) is 0 Å². The van der Waals surface area contributed by atoms with Crippen LogP contribution in [-0.4, -0.2) is 26.1 Å². The molecule has 2 aromatic carbocycles. The first kappa shape index (κ1) is 14.1. The number of aromatic nitrogens is 4. The van der Waals surface area contributed by atoms with Gasteiger partial charge in [0.2, 0.25) is 0 Å². The van der Waals surface area contributed by atoms with Gasteiger partial charge in [-0.05, 0) is 18.2 Å². The summed E-state index contributed by atoms with van der Waals surface area (Å²) in [5, 5.41) is 9.95. The van der Waals surface area contributed by atoms with Gasteiger partial charge in [0.1, 0.15) is 5.82 Å². The third kappa shape index (κ3) is 2.41. The Bertz CT molecular complexity index is 1080. The second-order valence-electron chi connectivity index (χ2n) is 5.33. The Kier molecular flexibility index (Phi) is 3.31. The smallest absolute Gasteiger partial charge is 0.272 e. The molecule has 118 valence electrons. The molecule has 1 amide bonds. The van der Waals surface area contributed by atoms with Crippen molar-refractivity contribution in [2.45, 2.75) is 6.54 Å². The van der Waals surface area contributed by atoms with Crippen LogP contribution < -0.4 is 10.9 Å². The normalized spacial score (nSPS) is 11.0. The van der Waals surface area contributed by atoms with Crippen molar-refractivity contribution < 1.29 is 4.79 Å². The Labute approximate surface area is 135 Å². The molecule has 0 radical (unpaired) electrons. The van der Waals surface area contributed by atoms with Crippen LogP contribution in [0, 0.1) is 0 Å². The summed E-state index contributed by atoms with van der Waals surface area (Å²) < 4.78 is 0. The fraction of sp³-hybridized carbons (Fsp3) is 0.0588. The molecule has 0 spiro atoms. The van der Waals surface area contributed by atoms with Gasteiger partial charge in [-0.2, -0.15) is 5.10 Å². The number of carbonyl (C=O) groups is 1. The van der Waals surface area contributed by atoms with Crippen molar-refractivity contribution in [1.29, 1.82) is 0 Å². The molecule has 4 aromatic rings. The largest absolute Gasteiger partial charge is 0.343 e. The number of benzene rings is 2. The van der Waals surface area contributed by atoms with Crippen LogP contribution in [0.5, 0.6) is 0 Å². The Balaban J connectivity index is 1.60. The molecule has 0 aliphatic heterocycles. The standard InChI is InChI=1S/C17H13N5O2/c23-16-11-6-2-1-5-10(11)15(21-22-16)17(24)18-9-14-19-12-7-3-4-8-13(12)20-14/h1-8H,9H2,(H,18,24)(H,19,20)(H,22,23). The maximum atomic E-state index is 12.4. The van der Waals surface area contributed by atoms with E-state index in [1.54, 1.807) is 24.3 Å². The Morgan fingerprint density at radius 1 is 1.04 bits per heavy atom. The molecule has 0 saturated carbocycles. The van der Waals surface area contributed by atoms with Gasteiger partial charge >= 0.3 is 0 Å². The number of carbonyl (C=O) groups excluding carboxylic acids is 1. The van der Waals surface area contributed by atoms with E-state index < -0.39 is 0 Å². The fourth-order valence-corrected chi connectivity index (χ4v) is 2.62. The molecule has 2 aromatic heterocycles. The maximum absolute atomic E-state index is 12.4. The average Bonchev–Trinajstić information content (AvgIpc) is 3.03. The van der Waals surface area contributed by atoms with Crippen LogP contribution in [0.2, 0.25) is 0 Å². The number of hydrogen-bond acceptors (Lipinski definition) is 4. The first-order chi connectivity index (χ1) is 11.7. The van der Waals surface area contributed by atoms with Gasteiger partial charge in [0.15, 0.2) is 5.69 Å². The lowest BCUT2D eigenvalue weighted by Gasteiger charge is -2.05. The quantitative estimate of drug-likeness (QED) is 0.535. The minimum Gasteiger partial charge on any atom is -0.343 e. The SMILES string of the molecule is O=C(NCc1nc2ccccc2[nH]1)c1n[nH]c(=O)c2ccccc12. The molecule has 0 unspecified atom stereocenters. The van der Waals surface area contributed by atoms with Crippen molar-refractivity contribution in [3.63, 3.8) is 0 Å². The van der Waals surface area contributed by atoms with Gasteiger partial charge in [-0.25, -0.2) is 10.1 Å². The lowest BCUT2D eigenvalue weighted by molar-refractivity contribution is 0.0946. The number of aromatic amines is 2. The summed E-state index contributed by atoms with van der Waals surface area (Å²) in [6, 6.07) is 14.5. The number of hydrogen-bond donors (Lipinski definition) is 3. The van der Waals surface area contributed by atoms with E-state index in [2.05, 4.69) is 25.5 Å². The fourth-order valence-electron chi connectivity index (χ4n) is 2.62. The minimum atomic E-state index is -0.372. The number of rotatable bonds is 3. The summed E-state index contributed by atoms with van der Waals surface area (Å²) in [6.07, 6.45) is 0. The van der Waals surface area contributed by atoms with Crippen molar-refractivity contribution >= 4 is 27.7 Å². The Morgan fingerprint density at radius 2 is 1.79 bits per heavy atom. The zero-order chi connectivity index (χ0) is 16.5. The van der Waals surface area contributed by atoms with Gasteiger partial charge < -0.3 is 10.3 Å². The first-order valence-electron chi connectivity index (χ1n) is 7.41. The van der Waals surface area contributed by atoms with Gasteiger partial charge in [0, 0.05) is 5.39 Å². The van der Waals surface area contributed by atoms with Crippen LogP contribution in [0.15, 0.2) is 53.3 Å². The first-order valence-corrected chi connectivity index (χ1v) is 7.41. The van der Waals surface area contributed by atoms with E-state index >= 15 is 0 Å². The highest BCUT2D eigenvalue weighted by Gasteiger charge is 2.14. The van der Waals surface area contributed by atoms with Crippen LogP contribution in [0.25, 0.3) is 21.8 Å². The number of nitrogens with one attached hydrogen (secondary N) is 3. The molecule has 0 aliphatic carbocycles. The van der Waals surface area contributed by atoms with Gasteiger partial charge in [0.25, 0.3) is 11.5 Å². The molecular weight excluding hydrogens is 306 g/mol. The number of fused-ring (bicyclic) bond motifs is 2. The van der Waals surface area contributed by atoms with E-state index in [1.807, 2.05) is 24.3 Å². The maximum Gasteiger partial charge on any atom is 0.272 e. The molecular formula is C17H13N5O2. The molecule has 0 saturated heterocycles. The zero-order valence-electron chi connectivity index (χ0n) is 12.5. The Morgan fingerprint density at radius 3 is 2.62 bits per heavy atom. The molecule has 0 bridgehead atoms. The summed E-state index contributed by atoms with van der Waals surface area (Å²) in [4.78, 5) is 31.7. The highest BCUT2D eigenvalue weighted by Crippen LogP contribution is 2.13. The number of H-pyrrole nitrogens is 2. The monoisotopic (exact) mass is 319 g/mol. The summed E-state index contributed by atoms with van der Waals surface area (Å²) in [5.74, 6) is 0.279. The number of imidazole rings is 1. The summed E-state index contributed by atoms with van der Waals surface area (Å²) >= 11 is 0. The van der Waals surface area contributed by atoms with E-state index in [9.17, 15) is 9.59 Å². The van der Waals surface area contributed by atoms with E-state index in [1.165, 1.54) is 0 Å². The lowest BCUT2D eigenvalue weighted by atomic mass is 10.1. The highest BCUT2D eigenvalue weighted by molar-refractivity contribution is 6.04. The number of nitrogens with zero attached hydrogens (tertiary/aromatic N) is 2. The lowest BCUT2D eigenvalue weighted by Crippen LogP contribution is -2.26. The number of amides is 1. The highest BCUT2D eigenvalue weighted by atomic mass is 16.2. The van der Waals surface area contributed by atoms with Crippen LogP contribution >= 0.6 is 0 Å². The third-order valence-corrected chi connectivity index (χ3v) is 3.77. The molecule has 0 aliphatic rings. The third-order valence-electron chi connectivity index (χ3n) is 3.77. The van der Waals surface area contributed by atoms with E-state index in [0.717, 1.165) is 11.0 Å². The molecule has 2 heterocycles. The van der Waals surface area contributed by atoms with Crippen molar-refractivity contribution in [1.82, 2.24) is 25.5 Å². The predicted molar refractivity (Wildman–Crippen MR) is 89.6 cm³/mol. The topological polar surface area (TPSA) is 104 Å². The predicted octanol–water partition coefficient (Wildman–Crippen LogP) is 1.73. The molecule has 7 nitrogen and oxygen atoms in total. The molecule has 0 atom stereocenters. The van der Waals surface area contributed by atoms with Crippen LogP contribution in [-0.2, 0) is 6.54 Å². The summed E-state index contributed by atoms with van der Waals surface area (Å²) in [5.41, 5.74) is 1.62. The van der Waals surface area contributed by atoms with E-state index in [4.69, 9.17) is 0 Å². The van der Waals surface area contributed by atoms with Crippen LogP contribution in [0.1, 0.15) is 16.3 Å². The molecule has 3 N–H and O–H groups in total. The number of para-hydroxylation sites is 2. The van der Waals surface area contributed by atoms with Crippen molar-refractivity contribution in [2.24, 2.45) is 0 Å². The summed E-state index contributed by atoms with van der Waals surface area (Å²) in [6.45, 7) is 0.239. The second kappa shape index (κ2) is 5.62. The zero-order valence-corrected chi connectivity index (χ0v) is 12.5. The van der Waals surface area contributed by atoms with E-state index in [0.29, 0.717) is 16.6 Å². The second-order valence-corrected chi connectivity index (χ2v) is 5.33.